The second kappa shape index (κ2) is 2.25. The van der Waals surface area contributed by atoms with E-state index in [1.54, 1.807) is 0 Å². The van der Waals surface area contributed by atoms with Crippen LogP contribution in [0.5, 0.6) is 0 Å². The van der Waals surface area contributed by atoms with Gasteiger partial charge in [-0.15, -0.1) is 0 Å². The Morgan fingerprint density at radius 3 is 2.46 bits per heavy atom. The molecule has 0 saturated heterocycles. The summed E-state index contributed by atoms with van der Waals surface area (Å²) in [5.74, 6) is -0.973. The zero-order chi connectivity index (χ0) is 9.69. The Kier molecular flexibility index (Phi) is 1.48. The van der Waals surface area contributed by atoms with Crippen LogP contribution in [0.15, 0.2) is 6.20 Å². The summed E-state index contributed by atoms with van der Waals surface area (Å²) in [5, 5.41) is 0. The summed E-state index contributed by atoms with van der Waals surface area (Å²) in [7, 11) is 0. The van der Waals surface area contributed by atoms with Crippen LogP contribution in [0.2, 0.25) is 0 Å². The first-order valence-corrected chi connectivity index (χ1v) is 3.83. The van der Waals surface area contributed by atoms with Crippen molar-refractivity contribution in [3.8, 4) is 0 Å². The molecule has 0 atom stereocenters. The van der Waals surface area contributed by atoms with Gasteiger partial charge >= 0.3 is 6.18 Å². The molecule has 1 aromatic heterocycles. The summed E-state index contributed by atoms with van der Waals surface area (Å²) < 4.78 is 36.2. The van der Waals surface area contributed by atoms with Crippen LogP contribution >= 0.6 is 0 Å². The molecule has 1 aliphatic rings. The van der Waals surface area contributed by atoms with Crippen LogP contribution in [0, 0.1) is 0 Å². The number of hydrogen-bond acceptors (Lipinski definition) is 2. The highest BCUT2D eigenvalue weighted by Crippen LogP contribution is 2.42. The van der Waals surface area contributed by atoms with Crippen molar-refractivity contribution in [3.63, 3.8) is 0 Å². The minimum Gasteiger partial charge on any atom is -0.337 e. The van der Waals surface area contributed by atoms with Gasteiger partial charge in [0.2, 0.25) is 5.82 Å². The minimum absolute atomic E-state index is 0.375. The lowest BCUT2D eigenvalue weighted by Gasteiger charge is -2.04. The molecule has 3 N–H and O–H groups in total. The molecule has 1 saturated carbocycles. The van der Waals surface area contributed by atoms with Gasteiger partial charge in [0.1, 0.15) is 0 Å². The van der Waals surface area contributed by atoms with Gasteiger partial charge in [-0.1, -0.05) is 0 Å². The molecule has 1 aliphatic carbocycles. The van der Waals surface area contributed by atoms with Crippen molar-refractivity contribution in [1.82, 2.24) is 9.97 Å². The molecule has 72 valence electrons. The van der Waals surface area contributed by atoms with Crippen molar-refractivity contribution in [2.24, 2.45) is 5.73 Å². The largest absolute Gasteiger partial charge is 0.449 e. The number of hydrogen-bond donors (Lipinski definition) is 2. The number of rotatable bonds is 1. The number of H-pyrrole nitrogens is 1. The number of nitrogens with two attached hydrogens (primary N) is 1. The average Bonchev–Trinajstić information content (AvgIpc) is 2.60. The SMILES string of the molecule is NC1(c2cnc(C(F)(F)F)[nH]2)CC1. The Labute approximate surface area is 72.2 Å². The highest BCUT2D eigenvalue weighted by atomic mass is 19.4. The molecule has 0 bridgehead atoms. The quantitative estimate of drug-likeness (QED) is 0.704. The molecular weight excluding hydrogens is 183 g/mol. The van der Waals surface area contributed by atoms with Gasteiger partial charge in [0, 0.05) is 0 Å². The Balaban J connectivity index is 2.29. The first-order chi connectivity index (χ1) is 5.92. The van der Waals surface area contributed by atoms with Crippen molar-refractivity contribution in [3.05, 3.63) is 17.7 Å². The molecule has 0 amide bonds. The minimum atomic E-state index is -4.41. The molecule has 0 unspecified atom stereocenters. The van der Waals surface area contributed by atoms with E-state index in [0.29, 0.717) is 18.5 Å². The summed E-state index contributed by atoms with van der Waals surface area (Å²) in [4.78, 5) is 5.43. The van der Waals surface area contributed by atoms with Gasteiger partial charge in [0.15, 0.2) is 0 Å². The van der Waals surface area contributed by atoms with Crippen LogP contribution in [0.1, 0.15) is 24.4 Å². The standard InChI is InChI=1S/C7H8F3N3/c8-7(9,10)5-12-3-4(13-5)6(11)1-2-6/h3H,1-2,11H2,(H,12,13). The molecule has 0 aliphatic heterocycles. The van der Waals surface area contributed by atoms with Crippen molar-refractivity contribution in [2.45, 2.75) is 24.6 Å². The topological polar surface area (TPSA) is 54.7 Å². The molecule has 13 heavy (non-hydrogen) atoms. The number of aromatic nitrogens is 2. The van der Waals surface area contributed by atoms with Crippen LogP contribution in [-0.2, 0) is 11.7 Å². The van der Waals surface area contributed by atoms with E-state index in [-0.39, 0.29) is 0 Å². The van der Waals surface area contributed by atoms with Crippen LogP contribution in [-0.4, -0.2) is 9.97 Å². The number of nitrogens with one attached hydrogen (secondary N) is 1. The second-order valence-electron chi connectivity index (χ2n) is 3.30. The first kappa shape index (κ1) is 8.55. The van der Waals surface area contributed by atoms with E-state index >= 15 is 0 Å². The van der Waals surface area contributed by atoms with Crippen LogP contribution in [0.25, 0.3) is 0 Å². The van der Waals surface area contributed by atoms with Crippen molar-refractivity contribution in [2.75, 3.05) is 0 Å². The molecule has 0 aromatic carbocycles. The van der Waals surface area contributed by atoms with Gasteiger partial charge in [0.05, 0.1) is 17.4 Å². The smallest absolute Gasteiger partial charge is 0.337 e. The maximum atomic E-state index is 12.1. The van der Waals surface area contributed by atoms with Crippen molar-refractivity contribution < 1.29 is 13.2 Å². The molecule has 1 aromatic rings. The monoisotopic (exact) mass is 191 g/mol. The summed E-state index contributed by atoms with van der Waals surface area (Å²) in [6, 6.07) is 0. The van der Waals surface area contributed by atoms with E-state index in [4.69, 9.17) is 5.73 Å². The molecule has 6 heteroatoms. The van der Waals surface area contributed by atoms with Crippen LogP contribution < -0.4 is 5.73 Å². The predicted octanol–water partition coefficient (Wildman–Crippen LogP) is 1.38. The zero-order valence-corrected chi connectivity index (χ0v) is 6.65. The lowest BCUT2D eigenvalue weighted by molar-refractivity contribution is -0.144. The van der Waals surface area contributed by atoms with E-state index in [0.717, 1.165) is 6.20 Å². The lowest BCUT2D eigenvalue weighted by Crippen LogP contribution is -2.19. The van der Waals surface area contributed by atoms with E-state index in [2.05, 4.69) is 9.97 Å². The van der Waals surface area contributed by atoms with Gasteiger partial charge in [-0.05, 0) is 12.8 Å². The summed E-state index contributed by atoms with van der Waals surface area (Å²) in [6.45, 7) is 0. The van der Waals surface area contributed by atoms with Crippen molar-refractivity contribution in [1.29, 1.82) is 0 Å². The highest BCUT2D eigenvalue weighted by molar-refractivity contribution is 5.21. The molecule has 0 radical (unpaired) electrons. The van der Waals surface area contributed by atoms with Crippen LogP contribution in [0.4, 0.5) is 13.2 Å². The number of halogens is 3. The third-order valence-electron chi connectivity index (χ3n) is 2.17. The Bertz CT molecular complexity index is 304. The van der Waals surface area contributed by atoms with Gasteiger partial charge < -0.3 is 10.7 Å². The average molecular weight is 191 g/mol. The van der Waals surface area contributed by atoms with Gasteiger partial charge in [-0.2, -0.15) is 13.2 Å². The Hall–Kier alpha value is -1.04. The summed E-state index contributed by atoms with van der Waals surface area (Å²) in [6.07, 6.45) is -1.82. The Morgan fingerprint density at radius 2 is 2.08 bits per heavy atom. The fourth-order valence-electron chi connectivity index (χ4n) is 1.12. The van der Waals surface area contributed by atoms with Gasteiger partial charge in [-0.3, -0.25) is 0 Å². The lowest BCUT2D eigenvalue weighted by atomic mass is 10.2. The first-order valence-electron chi connectivity index (χ1n) is 3.83. The van der Waals surface area contributed by atoms with Crippen molar-refractivity contribution >= 4 is 0 Å². The molecule has 2 rings (SSSR count). The molecule has 1 heterocycles. The molecule has 1 fully saturated rings. The second-order valence-corrected chi connectivity index (χ2v) is 3.30. The van der Waals surface area contributed by atoms with E-state index in [1.807, 2.05) is 0 Å². The third kappa shape index (κ3) is 1.41. The fourth-order valence-corrected chi connectivity index (χ4v) is 1.12. The van der Waals surface area contributed by atoms with Gasteiger partial charge in [-0.25, -0.2) is 4.98 Å². The van der Waals surface area contributed by atoms with Crippen LogP contribution in [0.3, 0.4) is 0 Å². The highest BCUT2D eigenvalue weighted by Gasteiger charge is 2.44. The van der Waals surface area contributed by atoms with E-state index in [9.17, 15) is 13.2 Å². The molecular formula is C7H8F3N3. The third-order valence-corrected chi connectivity index (χ3v) is 2.17. The summed E-state index contributed by atoms with van der Waals surface area (Å²) >= 11 is 0. The van der Waals surface area contributed by atoms with E-state index < -0.39 is 17.5 Å². The zero-order valence-electron chi connectivity index (χ0n) is 6.65. The predicted molar refractivity (Wildman–Crippen MR) is 38.7 cm³/mol. The normalized spacial score (nSPS) is 20.3. The van der Waals surface area contributed by atoms with E-state index in [1.165, 1.54) is 0 Å². The number of imidazole rings is 1. The maximum absolute atomic E-state index is 12.1. The number of aromatic amines is 1. The maximum Gasteiger partial charge on any atom is 0.449 e. The molecule has 0 spiro atoms. The van der Waals surface area contributed by atoms with Gasteiger partial charge in [0.25, 0.3) is 0 Å². The number of alkyl halides is 3. The number of nitrogens with zero attached hydrogens (tertiary/aromatic N) is 1. The summed E-state index contributed by atoms with van der Waals surface area (Å²) in [5.41, 5.74) is 5.47. The fraction of sp³-hybridized carbons (Fsp3) is 0.571. The molecule has 3 nitrogen and oxygen atoms in total. The Morgan fingerprint density at radius 1 is 1.46 bits per heavy atom.